The van der Waals surface area contributed by atoms with Gasteiger partial charge in [-0.2, -0.15) is 0 Å². The molecular weight excluding hydrogens is 370 g/mol. The topological polar surface area (TPSA) is 68.4 Å². The molecule has 3 rings (SSSR count). The zero-order chi connectivity index (χ0) is 20.3. The molecule has 1 heterocycles. The van der Waals surface area contributed by atoms with Crippen molar-refractivity contribution in [1.29, 1.82) is 0 Å². The highest BCUT2D eigenvalue weighted by molar-refractivity contribution is 7.80. The number of nitrogens with one attached hydrogen (secondary N) is 2. The Hall–Kier alpha value is -2.70. The Morgan fingerprint density at radius 2 is 1.89 bits per heavy atom. The minimum Gasteiger partial charge on any atom is -0.395 e. The highest BCUT2D eigenvalue weighted by Gasteiger charge is 2.14. The maximum atomic E-state index is 12.7. The molecule has 5 nitrogen and oxygen atoms in total. The van der Waals surface area contributed by atoms with Gasteiger partial charge < -0.3 is 20.3 Å². The van der Waals surface area contributed by atoms with E-state index < -0.39 is 0 Å². The van der Waals surface area contributed by atoms with Crippen LogP contribution < -0.4 is 10.9 Å². The van der Waals surface area contributed by atoms with Crippen molar-refractivity contribution in [2.24, 2.45) is 0 Å². The fraction of sp³-hybridized carbons (Fsp3) is 0.273. The van der Waals surface area contributed by atoms with E-state index in [1.54, 1.807) is 4.90 Å². The summed E-state index contributed by atoms with van der Waals surface area (Å²) < 4.78 is 0. The lowest BCUT2D eigenvalue weighted by Crippen LogP contribution is -2.37. The van der Waals surface area contributed by atoms with Crippen LogP contribution in [-0.2, 0) is 6.54 Å². The van der Waals surface area contributed by atoms with E-state index in [9.17, 15) is 9.90 Å². The Kier molecular flexibility index (Phi) is 6.11. The van der Waals surface area contributed by atoms with Gasteiger partial charge in [0.2, 0.25) is 0 Å². The fourth-order valence-electron chi connectivity index (χ4n) is 3.24. The van der Waals surface area contributed by atoms with Gasteiger partial charge in [0.1, 0.15) is 0 Å². The molecule has 0 spiro atoms. The van der Waals surface area contributed by atoms with Gasteiger partial charge in [-0.1, -0.05) is 24.3 Å². The molecule has 0 bridgehead atoms. The van der Waals surface area contributed by atoms with Crippen LogP contribution in [-0.4, -0.2) is 33.3 Å². The average molecular weight is 396 g/mol. The number of aromatic amines is 1. The number of aryl methyl sites for hydroxylation is 3. The quantitative estimate of drug-likeness (QED) is 0.576. The van der Waals surface area contributed by atoms with Gasteiger partial charge in [0.05, 0.1) is 18.7 Å². The molecule has 0 fully saturated rings. The summed E-state index contributed by atoms with van der Waals surface area (Å²) in [5.41, 5.74) is 5.49. The summed E-state index contributed by atoms with van der Waals surface area (Å²) in [6.07, 6.45) is 0. The van der Waals surface area contributed by atoms with Gasteiger partial charge in [0, 0.05) is 23.2 Å². The van der Waals surface area contributed by atoms with Crippen molar-refractivity contribution in [2.45, 2.75) is 27.3 Å². The molecule has 0 saturated heterocycles. The SMILES string of the molecule is Cc1cccc(NC(=S)N(CCO)Cc2cc3c(C)ccc(C)c3[nH]c2=O)c1. The van der Waals surface area contributed by atoms with Gasteiger partial charge in [0.15, 0.2) is 5.11 Å². The number of aromatic nitrogens is 1. The Bertz CT molecular complexity index is 1080. The Labute approximate surface area is 170 Å². The van der Waals surface area contributed by atoms with Crippen LogP contribution in [0.5, 0.6) is 0 Å². The number of H-pyrrole nitrogens is 1. The Morgan fingerprint density at radius 1 is 1.14 bits per heavy atom. The van der Waals surface area contributed by atoms with Crippen molar-refractivity contribution >= 4 is 33.9 Å². The summed E-state index contributed by atoms with van der Waals surface area (Å²) in [5.74, 6) is 0. The monoisotopic (exact) mass is 395 g/mol. The number of benzene rings is 2. The van der Waals surface area contributed by atoms with E-state index in [1.165, 1.54) is 0 Å². The first-order valence-electron chi connectivity index (χ1n) is 9.24. The number of hydrogen-bond acceptors (Lipinski definition) is 3. The average Bonchev–Trinajstić information content (AvgIpc) is 2.65. The van der Waals surface area contributed by atoms with Crippen LogP contribution in [0.15, 0.2) is 47.3 Å². The maximum absolute atomic E-state index is 12.7. The van der Waals surface area contributed by atoms with Gasteiger partial charge >= 0.3 is 0 Å². The van der Waals surface area contributed by atoms with E-state index in [0.717, 1.165) is 33.3 Å². The summed E-state index contributed by atoms with van der Waals surface area (Å²) in [7, 11) is 0. The summed E-state index contributed by atoms with van der Waals surface area (Å²) in [6.45, 7) is 6.62. The molecule has 3 aromatic rings. The lowest BCUT2D eigenvalue weighted by molar-refractivity contribution is 0.248. The second-order valence-corrected chi connectivity index (χ2v) is 7.44. The second kappa shape index (κ2) is 8.54. The third kappa shape index (κ3) is 4.40. The molecule has 3 N–H and O–H groups in total. The molecule has 0 aliphatic rings. The molecule has 6 heteroatoms. The third-order valence-electron chi connectivity index (χ3n) is 4.81. The molecule has 0 atom stereocenters. The van der Waals surface area contributed by atoms with Crippen molar-refractivity contribution < 1.29 is 5.11 Å². The standard InChI is InChI=1S/C22H25N3O2S/c1-14-5-4-6-18(11-14)23-22(28)25(9-10-26)13-17-12-19-15(2)7-8-16(3)20(19)24-21(17)27/h4-8,11-12,26H,9-10,13H2,1-3H3,(H,23,28)(H,24,27). The molecular formula is C22H25N3O2S. The predicted octanol–water partition coefficient (Wildman–Crippen LogP) is 3.64. The van der Waals surface area contributed by atoms with Crippen LogP contribution in [0.1, 0.15) is 22.3 Å². The number of aliphatic hydroxyl groups excluding tert-OH is 1. The van der Waals surface area contributed by atoms with E-state index in [-0.39, 0.29) is 12.2 Å². The van der Waals surface area contributed by atoms with E-state index in [1.807, 2.05) is 57.2 Å². The number of nitrogens with zero attached hydrogens (tertiary/aromatic N) is 1. The van der Waals surface area contributed by atoms with Gasteiger partial charge in [-0.15, -0.1) is 0 Å². The number of aliphatic hydroxyl groups is 1. The van der Waals surface area contributed by atoms with Gasteiger partial charge in [-0.3, -0.25) is 4.79 Å². The van der Waals surface area contributed by atoms with Crippen LogP contribution in [0.3, 0.4) is 0 Å². The Balaban J connectivity index is 1.89. The maximum Gasteiger partial charge on any atom is 0.253 e. The number of hydrogen-bond donors (Lipinski definition) is 3. The molecule has 0 aliphatic heterocycles. The molecule has 0 radical (unpaired) electrons. The molecule has 0 aliphatic carbocycles. The number of fused-ring (bicyclic) bond motifs is 1. The molecule has 1 aromatic heterocycles. The van der Waals surface area contributed by atoms with E-state index in [0.29, 0.717) is 23.8 Å². The van der Waals surface area contributed by atoms with Gasteiger partial charge in [0.25, 0.3) is 5.56 Å². The number of rotatable bonds is 5. The largest absolute Gasteiger partial charge is 0.395 e. The first-order chi connectivity index (χ1) is 13.4. The first-order valence-corrected chi connectivity index (χ1v) is 9.65. The van der Waals surface area contributed by atoms with Crippen molar-refractivity contribution in [3.05, 3.63) is 75.1 Å². The molecule has 2 aromatic carbocycles. The van der Waals surface area contributed by atoms with Crippen molar-refractivity contribution in [1.82, 2.24) is 9.88 Å². The zero-order valence-electron chi connectivity index (χ0n) is 16.4. The molecule has 28 heavy (non-hydrogen) atoms. The molecule has 0 amide bonds. The van der Waals surface area contributed by atoms with E-state index in [4.69, 9.17) is 12.2 Å². The van der Waals surface area contributed by atoms with Crippen molar-refractivity contribution in [3.8, 4) is 0 Å². The smallest absolute Gasteiger partial charge is 0.253 e. The van der Waals surface area contributed by atoms with E-state index >= 15 is 0 Å². The van der Waals surface area contributed by atoms with Crippen LogP contribution in [0.25, 0.3) is 10.9 Å². The zero-order valence-corrected chi connectivity index (χ0v) is 17.2. The van der Waals surface area contributed by atoms with Crippen LogP contribution in [0, 0.1) is 20.8 Å². The number of pyridine rings is 1. The minimum absolute atomic E-state index is 0.0563. The van der Waals surface area contributed by atoms with Crippen LogP contribution >= 0.6 is 12.2 Å². The molecule has 146 valence electrons. The lowest BCUT2D eigenvalue weighted by Gasteiger charge is -2.25. The number of anilines is 1. The summed E-state index contributed by atoms with van der Waals surface area (Å²) >= 11 is 5.54. The summed E-state index contributed by atoms with van der Waals surface area (Å²) in [6, 6.07) is 13.9. The second-order valence-electron chi connectivity index (χ2n) is 7.06. The summed E-state index contributed by atoms with van der Waals surface area (Å²) in [5, 5.41) is 14.2. The Morgan fingerprint density at radius 3 is 2.61 bits per heavy atom. The lowest BCUT2D eigenvalue weighted by atomic mass is 10.0. The normalized spacial score (nSPS) is 10.9. The molecule has 0 saturated carbocycles. The highest BCUT2D eigenvalue weighted by atomic mass is 32.1. The third-order valence-corrected chi connectivity index (χ3v) is 5.17. The summed E-state index contributed by atoms with van der Waals surface area (Å²) in [4.78, 5) is 17.5. The number of thiocarbonyl (C=S) groups is 1. The first kappa shape index (κ1) is 20.0. The fourth-order valence-corrected chi connectivity index (χ4v) is 3.51. The van der Waals surface area contributed by atoms with Crippen molar-refractivity contribution in [2.75, 3.05) is 18.5 Å². The van der Waals surface area contributed by atoms with Crippen LogP contribution in [0.4, 0.5) is 5.69 Å². The van der Waals surface area contributed by atoms with E-state index in [2.05, 4.69) is 16.4 Å². The highest BCUT2D eigenvalue weighted by Crippen LogP contribution is 2.20. The van der Waals surface area contributed by atoms with Crippen molar-refractivity contribution in [3.63, 3.8) is 0 Å². The minimum atomic E-state index is -0.137. The predicted molar refractivity (Wildman–Crippen MR) is 119 cm³/mol. The molecule has 0 unspecified atom stereocenters. The van der Waals surface area contributed by atoms with Crippen LogP contribution in [0.2, 0.25) is 0 Å². The van der Waals surface area contributed by atoms with Gasteiger partial charge in [-0.25, -0.2) is 0 Å². The van der Waals surface area contributed by atoms with Gasteiger partial charge in [-0.05, 0) is 67.9 Å².